The third kappa shape index (κ3) is 8.91. The van der Waals surface area contributed by atoms with Gasteiger partial charge in [-0.25, -0.2) is 8.42 Å². The molecule has 8 nitrogen and oxygen atoms in total. The molecule has 11 heteroatoms. The van der Waals surface area contributed by atoms with Crippen LogP contribution < -0.4 is 9.64 Å². The van der Waals surface area contributed by atoms with E-state index in [1.165, 1.54) is 0 Å². The number of fused-ring (bicyclic) bond motifs is 1. The molecule has 2 heterocycles. The van der Waals surface area contributed by atoms with Crippen molar-refractivity contribution in [3.05, 3.63) is 89.0 Å². The molecule has 0 unspecified atom stereocenters. The minimum atomic E-state index is -3.85. The van der Waals surface area contributed by atoms with E-state index in [4.69, 9.17) is 30.2 Å². The van der Waals surface area contributed by atoms with Crippen molar-refractivity contribution in [3.8, 4) is 5.75 Å². The van der Waals surface area contributed by atoms with Gasteiger partial charge in [0, 0.05) is 45.1 Å². The lowest BCUT2D eigenvalue weighted by Crippen LogP contribution is -2.59. The maximum atomic E-state index is 14.4. The molecule has 0 amide bonds. The quantitative estimate of drug-likeness (QED) is 0.0818. The second kappa shape index (κ2) is 17.8. The van der Waals surface area contributed by atoms with Crippen molar-refractivity contribution in [1.82, 2.24) is 4.31 Å². The summed E-state index contributed by atoms with van der Waals surface area (Å²) in [6.07, 6.45) is 0.0146. The van der Waals surface area contributed by atoms with Gasteiger partial charge < -0.3 is 23.5 Å². The number of rotatable bonds is 16. The highest BCUT2D eigenvalue weighted by Crippen LogP contribution is 2.47. The lowest BCUT2D eigenvalue weighted by molar-refractivity contribution is -0.0504. The highest BCUT2D eigenvalue weighted by Gasteiger charge is 2.51. The third-order valence-corrected chi connectivity index (χ3v) is 19.3. The van der Waals surface area contributed by atoms with Gasteiger partial charge in [0.2, 0.25) is 18.3 Å². The number of nitrogens with zero attached hydrogens (tertiary/aromatic N) is 2. The zero-order chi connectivity index (χ0) is 37.6. The number of aryl methyl sites for hydroxylation is 1. The molecular formula is C41H59ClN2O6SSi. The maximum Gasteiger partial charge on any atom is 0.243 e. The van der Waals surface area contributed by atoms with Crippen molar-refractivity contribution in [3.63, 3.8) is 0 Å². The molecule has 1 fully saturated rings. The lowest BCUT2D eigenvalue weighted by Gasteiger charge is -2.50. The number of anilines is 1. The van der Waals surface area contributed by atoms with Gasteiger partial charge in [-0.2, -0.15) is 4.31 Å². The van der Waals surface area contributed by atoms with E-state index >= 15 is 0 Å². The van der Waals surface area contributed by atoms with Crippen LogP contribution in [0.3, 0.4) is 0 Å². The molecule has 286 valence electrons. The molecule has 3 atom stereocenters. The number of halogens is 1. The summed E-state index contributed by atoms with van der Waals surface area (Å²) in [5.74, 6) is 1.08. The zero-order valence-corrected chi connectivity index (χ0v) is 34.9. The molecule has 2 aliphatic heterocycles. The SMILES string of the molecule is COCCCN1CCOc2ccc(CO[C@H]3CN(S(=O)(=O)c4ccc(C)cc4)C[C@H](O[Si](C(C)C)(C(C)C)C(C)C)[C@H]3c3ccc(CCl)cc3)cc21. The molecule has 2 aliphatic rings. The van der Waals surface area contributed by atoms with E-state index in [0.717, 1.165) is 53.2 Å². The van der Waals surface area contributed by atoms with Crippen LogP contribution in [-0.4, -0.2) is 79.8 Å². The third-order valence-electron chi connectivity index (χ3n) is 11.0. The Hall–Kier alpha value is -2.44. The van der Waals surface area contributed by atoms with Gasteiger partial charge in [0.25, 0.3) is 0 Å². The van der Waals surface area contributed by atoms with Gasteiger partial charge in [-0.3, -0.25) is 0 Å². The van der Waals surface area contributed by atoms with Crippen LogP contribution in [0.5, 0.6) is 5.75 Å². The molecule has 1 saturated heterocycles. The average Bonchev–Trinajstić information content (AvgIpc) is 3.12. The van der Waals surface area contributed by atoms with Gasteiger partial charge in [0.05, 0.1) is 35.9 Å². The smallest absolute Gasteiger partial charge is 0.243 e. The second-order valence-electron chi connectivity index (χ2n) is 15.3. The second-order valence-corrected chi connectivity index (χ2v) is 23.0. The van der Waals surface area contributed by atoms with Gasteiger partial charge in [-0.05, 0) is 70.9 Å². The summed E-state index contributed by atoms with van der Waals surface area (Å²) < 4.78 is 56.4. The lowest BCUT2D eigenvalue weighted by atomic mass is 9.85. The summed E-state index contributed by atoms with van der Waals surface area (Å²) in [6, 6.07) is 21.7. The fraction of sp³-hybridized carbons (Fsp3) is 0.561. The predicted octanol–water partition coefficient (Wildman–Crippen LogP) is 8.90. The summed E-state index contributed by atoms with van der Waals surface area (Å²) in [4.78, 5) is 2.63. The van der Waals surface area contributed by atoms with E-state index in [2.05, 4.69) is 76.8 Å². The van der Waals surface area contributed by atoms with Crippen molar-refractivity contribution in [2.24, 2.45) is 0 Å². The Kier molecular flexibility index (Phi) is 13.9. The highest BCUT2D eigenvalue weighted by atomic mass is 35.5. The van der Waals surface area contributed by atoms with Gasteiger partial charge in [0.1, 0.15) is 12.4 Å². The van der Waals surface area contributed by atoms with Crippen LogP contribution >= 0.6 is 11.6 Å². The number of methoxy groups -OCH3 is 1. The number of alkyl halides is 1. The Morgan fingerprint density at radius 1 is 0.885 bits per heavy atom. The van der Waals surface area contributed by atoms with E-state index in [0.29, 0.717) is 42.3 Å². The Morgan fingerprint density at radius 2 is 1.52 bits per heavy atom. The number of hydrogen-bond acceptors (Lipinski definition) is 7. The van der Waals surface area contributed by atoms with Crippen LogP contribution in [0.1, 0.15) is 76.1 Å². The Labute approximate surface area is 318 Å². The number of ether oxygens (including phenoxy) is 3. The molecule has 0 radical (unpaired) electrons. The average molecular weight is 772 g/mol. The van der Waals surface area contributed by atoms with E-state index in [-0.39, 0.29) is 23.9 Å². The van der Waals surface area contributed by atoms with Crippen LogP contribution in [-0.2, 0) is 36.4 Å². The molecule has 0 spiro atoms. The first kappa shape index (κ1) is 40.7. The monoisotopic (exact) mass is 770 g/mol. The fourth-order valence-electron chi connectivity index (χ4n) is 8.44. The number of benzene rings is 3. The van der Waals surface area contributed by atoms with E-state index in [1.54, 1.807) is 23.5 Å². The summed E-state index contributed by atoms with van der Waals surface area (Å²) in [5, 5.41) is 0. The summed E-state index contributed by atoms with van der Waals surface area (Å²) in [7, 11) is -4.59. The summed E-state index contributed by atoms with van der Waals surface area (Å²) in [5.41, 5.74) is 6.11. The van der Waals surface area contributed by atoms with Gasteiger partial charge >= 0.3 is 0 Å². The van der Waals surface area contributed by atoms with E-state index < -0.39 is 30.5 Å². The minimum absolute atomic E-state index is 0.203. The van der Waals surface area contributed by atoms with Crippen molar-refractivity contribution >= 4 is 35.6 Å². The molecule has 3 aromatic rings. The Balaban J connectivity index is 1.56. The number of hydrogen-bond donors (Lipinski definition) is 0. The molecule has 0 bridgehead atoms. The van der Waals surface area contributed by atoms with Crippen LogP contribution in [0, 0.1) is 6.92 Å². The first-order chi connectivity index (χ1) is 24.8. The molecule has 52 heavy (non-hydrogen) atoms. The van der Waals surface area contributed by atoms with Crippen LogP contribution in [0.25, 0.3) is 0 Å². The highest BCUT2D eigenvalue weighted by molar-refractivity contribution is 7.89. The van der Waals surface area contributed by atoms with E-state index in [1.807, 2.05) is 31.2 Å². The molecular weight excluding hydrogens is 712 g/mol. The minimum Gasteiger partial charge on any atom is -0.490 e. The largest absolute Gasteiger partial charge is 0.490 e. The Morgan fingerprint density at radius 3 is 2.13 bits per heavy atom. The van der Waals surface area contributed by atoms with Crippen LogP contribution in [0.15, 0.2) is 71.6 Å². The van der Waals surface area contributed by atoms with Crippen molar-refractivity contribution in [1.29, 1.82) is 0 Å². The molecule has 0 aliphatic carbocycles. The molecule has 0 N–H and O–H groups in total. The fourth-order valence-corrected chi connectivity index (χ4v) is 15.6. The standard InChI is InChI=1S/C41H59ClN2O6SSi/c1-29(2)52(30(3)4,31(5)6)50-40-27-44(51(45,46)36-17-10-32(7)11-18-36)26-39(41(40)35-15-12-33(25-42)13-16-35)49-28-34-14-19-38-37(24-34)43(21-23-48-38)20-9-22-47-8/h10-19,24,29-31,39-41H,9,20-23,25-28H2,1-8H3/t39-,40-,41-/m0/s1. The Bertz CT molecular complexity index is 1680. The van der Waals surface area contributed by atoms with Crippen LogP contribution in [0.4, 0.5) is 5.69 Å². The number of sulfonamides is 1. The van der Waals surface area contributed by atoms with Gasteiger partial charge in [-0.1, -0.05) is 89.6 Å². The predicted molar refractivity (Wildman–Crippen MR) is 214 cm³/mol. The summed E-state index contributed by atoms with van der Waals surface area (Å²) >= 11 is 6.23. The molecule has 5 rings (SSSR count). The van der Waals surface area contributed by atoms with E-state index in [9.17, 15) is 8.42 Å². The zero-order valence-electron chi connectivity index (χ0n) is 32.3. The first-order valence-electron chi connectivity index (χ1n) is 18.8. The van der Waals surface area contributed by atoms with Crippen molar-refractivity contribution in [2.45, 2.75) is 107 Å². The molecule has 0 saturated carbocycles. The maximum absolute atomic E-state index is 14.4. The van der Waals surface area contributed by atoms with Crippen LogP contribution in [0.2, 0.25) is 16.6 Å². The molecule has 3 aromatic carbocycles. The summed E-state index contributed by atoms with van der Waals surface area (Å²) in [6.45, 7) is 19.4. The first-order valence-corrected chi connectivity index (χ1v) is 22.9. The van der Waals surface area contributed by atoms with Crippen molar-refractivity contribution in [2.75, 3.05) is 51.4 Å². The van der Waals surface area contributed by atoms with Gasteiger partial charge in [-0.15, -0.1) is 11.6 Å². The normalized spacial score (nSPS) is 20.1. The number of piperidine rings is 1. The van der Waals surface area contributed by atoms with Crippen molar-refractivity contribution < 1.29 is 27.1 Å². The van der Waals surface area contributed by atoms with Gasteiger partial charge in [0.15, 0.2) is 0 Å². The topological polar surface area (TPSA) is 77.5 Å². The molecule has 0 aromatic heterocycles.